The van der Waals surface area contributed by atoms with Gasteiger partial charge in [0.2, 0.25) is 0 Å². The highest BCUT2D eigenvalue weighted by atomic mass is 79.9. The van der Waals surface area contributed by atoms with Crippen molar-refractivity contribution in [3.63, 3.8) is 0 Å². The standard InChI is InChI=1S/C9H8BrN3O4S/c1-17-8(14)4-13-5-12-9-7(18(13,15)16)2-6(10)3-11-9/h2-3,5H,4H2,1H3. The number of hydrogen-bond donors (Lipinski definition) is 0. The molecule has 0 bridgehead atoms. The van der Waals surface area contributed by atoms with Crippen LogP contribution in [0.3, 0.4) is 0 Å². The number of aromatic nitrogens is 1. The molecule has 0 saturated heterocycles. The normalized spacial score (nSPS) is 16.2. The molecule has 1 aromatic rings. The number of fused-ring (bicyclic) bond motifs is 1. The lowest BCUT2D eigenvalue weighted by Crippen LogP contribution is -2.36. The summed E-state index contributed by atoms with van der Waals surface area (Å²) in [5.41, 5.74) is 0. The molecule has 0 unspecified atom stereocenters. The summed E-state index contributed by atoms with van der Waals surface area (Å²) in [4.78, 5) is 18.8. The van der Waals surface area contributed by atoms with E-state index in [0.29, 0.717) is 4.47 Å². The predicted octanol–water partition coefficient (Wildman–Crippen LogP) is 0.681. The van der Waals surface area contributed by atoms with Gasteiger partial charge in [-0.05, 0) is 22.0 Å². The highest BCUT2D eigenvalue weighted by molar-refractivity contribution is 9.10. The second-order valence-electron chi connectivity index (χ2n) is 3.35. The third-order valence-electron chi connectivity index (χ3n) is 2.21. The van der Waals surface area contributed by atoms with Crippen molar-refractivity contribution in [2.75, 3.05) is 13.7 Å². The van der Waals surface area contributed by atoms with Gasteiger partial charge in [-0.3, -0.25) is 4.79 Å². The summed E-state index contributed by atoms with van der Waals surface area (Å²) in [5, 5.41) is 0. The van der Waals surface area contributed by atoms with Crippen LogP contribution in [-0.2, 0) is 19.6 Å². The summed E-state index contributed by atoms with van der Waals surface area (Å²) < 4.78 is 30.1. The van der Waals surface area contributed by atoms with Crippen molar-refractivity contribution >= 4 is 44.1 Å². The Labute approximate surface area is 112 Å². The number of ether oxygens (including phenoxy) is 1. The van der Waals surface area contributed by atoms with E-state index in [2.05, 4.69) is 30.6 Å². The highest BCUT2D eigenvalue weighted by Crippen LogP contribution is 2.30. The summed E-state index contributed by atoms with van der Waals surface area (Å²) in [6, 6.07) is 1.39. The van der Waals surface area contributed by atoms with E-state index in [1.807, 2.05) is 0 Å². The van der Waals surface area contributed by atoms with Crippen molar-refractivity contribution in [1.82, 2.24) is 9.29 Å². The van der Waals surface area contributed by atoms with E-state index >= 15 is 0 Å². The summed E-state index contributed by atoms with van der Waals surface area (Å²) in [5.74, 6) is -0.573. The first-order chi connectivity index (χ1) is 8.45. The Bertz CT molecular complexity index is 629. The maximum atomic E-state index is 12.2. The molecule has 0 aliphatic carbocycles. The highest BCUT2D eigenvalue weighted by Gasteiger charge is 2.31. The lowest BCUT2D eigenvalue weighted by atomic mass is 10.5. The Hall–Kier alpha value is -1.48. The van der Waals surface area contributed by atoms with Crippen molar-refractivity contribution in [3.05, 3.63) is 16.7 Å². The molecule has 0 spiro atoms. The van der Waals surface area contributed by atoms with Crippen LogP contribution >= 0.6 is 15.9 Å². The SMILES string of the molecule is COC(=O)CN1C=Nc2ncc(Br)cc2S1(=O)=O. The van der Waals surface area contributed by atoms with Crippen LogP contribution in [0.2, 0.25) is 0 Å². The van der Waals surface area contributed by atoms with Gasteiger partial charge >= 0.3 is 5.97 Å². The molecule has 2 rings (SSSR count). The predicted molar refractivity (Wildman–Crippen MR) is 66.0 cm³/mol. The Balaban J connectivity index is 2.45. The molecule has 96 valence electrons. The molecule has 0 N–H and O–H groups in total. The largest absolute Gasteiger partial charge is 0.468 e. The smallest absolute Gasteiger partial charge is 0.326 e. The van der Waals surface area contributed by atoms with Crippen LogP contribution in [0.4, 0.5) is 5.82 Å². The average Bonchev–Trinajstić information content (AvgIpc) is 2.33. The first kappa shape index (κ1) is 13.0. The van der Waals surface area contributed by atoms with Crippen molar-refractivity contribution in [1.29, 1.82) is 0 Å². The molecule has 1 aliphatic heterocycles. The lowest BCUT2D eigenvalue weighted by Gasteiger charge is -2.22. The second kappa shape index (κ2) is 4.65. The quantitative estimate of drug-likeness (QED) is 0.742. The number of sulfonamides is 1. The van der Waals surface area contributed by atoms with E-state index in [4.69, 9.17) is 0 Å². The summed E-state index contributed by atoms with van der Waals surface area (Å²) in [6.07, 6.45) is 2.50. The molecule has 7 nitrogen and oxygen atoms in total. The van der Waals surface area contributed by atoms with Crippen molar-refractivity contribution in [2.45, 2.75) is 4.90 Å². The van der Waals surface area contributed by atoms with Crippen LogP contribution in [-0.4, -0.2) is 43.7 Å². The van der Waals surface area contributed by atoms with Gasteiger partial charge in [-0.25, -0.2) is 22.7 Å². The number of methoxy groups -OCH3 is 1. The van der Waals surface area contributed by atoms with Gasteiger partial charge < -0.3 is 4.74 Å². The molecule has 0 aromatic carbocycles. The van der Waals surface area contributed by atoms with Crippen LogP contribution in [0, 0.1) is 0 Å². The average molecular weight is 334 g/mol. The number of rotatable bonds is 2. The molecule has 0 saturated carbocycles. The van der Waals surface area contributed by atoms with Crippen molar-refractivity contribution in [2.24, 2.45) is 4.99 Å². The Morgan fingerprint density at radius 1 is 1.56 bits per heavy atom. The number of halogens is 1. The number of pyridine rings is 1. The molecular formula is C9H8BrN3O4S. The third-order valence-corrected chi connectivity index (χ3v) is 4.34. The van der Waals surface area contributed by atoms with Crippen LogP contribution < -0.4 is 0 Å². The number of hydrogen-bond acceptors (Lipinski definition) is 6. The Kier molecular flexibility index (Phi) is 3.35. The van der Waals surface area contributed by atoms with E-state index in [1.165, 1.54) is 19.4 Å². The number of nitrogens with zero attached hydrogens (tertiary/aromatic N) is 3. The van der Waals surface area contributed by atoms with Crippen LogP contribution in [0.25, 0.3) is 0 Å². The molecule has 0 amide bonds. The van der Waals surface area contributed by atoms with Gasteiger partial charge in [0.25, 0.3) is 10.0 Å². The van der Waals surface area contributed by atoms with Gasteiger partial charge in [-0.2, -0.15) is 0 Å². The fourth-order valence-electron chi connectivity index (χ4n) is 1.33. The Morgan fingerprint density at radius 2 is 2.28 bits per heavy atom. The van der Waals surface area contributed by atoms with Crippen molar-refractivity contribution < 1.29 is 17.9 Å². The lowest BCUT2D eigenvalue weighted by molar-refractivity contribution is -0.140. The third kappa shape index (κ3) is 2.23. The number of esters is 1. The molecule has 1 aliphatic rings. The topological polar surface area (TPSA) is 88.9 Å². The van der Waals surface area contributed by atoms with Gasteiger partial charge in [-0.1, -0.05) is 0 Å². The van der Waals surface area contributed by atoms with E-state index < -0.39 is 22.5 Å². The first-order valence-corrected chi connectivity index (χ1v) is 6.97. The molecule has 2 heterocycles. The Morgan fingerprint density at radius 3 is 2.94 bits per heavy atom. The van der Waals surface area contributed by atoms with Gasteiger partial charge in [0.05, 0.1) is 7.11 Å². The molecule has 0 fully saturated rings. The monoisotopic (exact) mass is 333 g/mol. The zero-order chi connectivity index (χ0) is 13.3. The number of carbonyl (C=O) groups is 1. The van der Waals surface area contributed by atoms with E-state index in [-0.39, 0.29) is 10.7 Å². The number of aliphatic imine (C=N–C) groups is 1. The summed E-state index contributed by atoms with van der Waals surface area (Å²) in [7, 11) is -2.64. The maximum Gasteiger partial charge on any atom is 0.326 e. The van der Waals surface area contributed by atoms with Crippen LogP contribution in [0.5, 0.6) is 0 Å². The van der Waals surface area contributed by atoms with Gasteiger partial charge in [0.1, 0.15) is 17.8 Å². The fraction of sp³-hybridized carbons (Fsp3) is 0.222. The second-order valence-corrected chi connectivity index (χ2v) is 6.12. The van der Waals surface area contributed by atoms with Gasteiger partial charge in [-0.15, -0.1) is 0 Å². The molecule has 0 radical (unpaired) electrons. The van der Waals surface area contributed by atoms with Gasteiger partial charge in [0.15, 0.2) is 5.82 Å². The zero-order valence-corrected chi connectivity index (χ0v) is 11.6. The van der Waals surface area contributed by atoms with Crippen molar-refractivity contribution in [3.8, 4) is 0 Å². The number of carbonyl (C=O) groups excluding carboxylic acids is 1. The first-order valence-electron chi connectivity index (χ1n) is 4.73. The summed E-state index contributed by atoms with van der Waals surface area (Å²) in [6.45, 7) is -0.422. The molecule has 1 aromatic heterocycles. The summed E-state index contributed by atoms with van der Waals surface area (Å²) >= 11 is 3.14. The zero-order valence-electron chi connectivity index (χ0n) is 9.20. The van der Waals surface area contributed by atoms with E-state index in [0.717, 1.165) is 10.6 Å². The minimum Gasteiger partial charge on any atom is -0.468 e. The van der Waals surface area contributed by atoms with E-state index in [1.54, 1.807) is 0 Å². The molecule has 0 atom stereocenters. The van der Waals surface area contributed by atoms with Crippen LogP contribution in [0.1, 0.15) is 0 Å². The molecule has 9 heteroatoms. The maximum absolute atomic E-state index is 12.2. The molecular weight excluding hydrogens is 326 g/mol. The van der Waals surface area contributed by atoms with E-state index in [9.17, 15) is 13.2 Å². The minimum absolute atomic E-state index is 0.0525. The van der Waals surface area contributed by atoms with Gasteiger partial charge in [0, 0.05) is 10.7 Å². The minimum atomic E-state index is -3.82. The fourth-order valence-corrected chi connectivity index (χ4v) is 3.12. The molecule has 18 heavy (non-hydrogen) atoms. The van der Waals surface area contributed by atoms with Crippen LogP contribution in [0.15, 0.2) is 26.6 Å².